The van der Waals surface area contributed by atoms with Crippen molar-refractivity contribution in [1.29, 1.82) is 0 Å². The highest BCUT2D eigenvalue weighted by atomic mass is 128. The van der Waals surface area contributed by atoms with Crippen LogP contribution in [0.5, 0.6) is 0 Å². The monoisotopic (exact) mass is 492 g/mol. The summed E-state index contributed by atoms with van der Waals surface area (Å²) in [7, 11) is 0. The van der Waals surface area contributed by atoms with Gasteiger partial charge in [0.25, 0.3) is 0 Å². The smallest absolute Gasteiger partial charge is 0.177 e. The largest absolute Gasteiger partial charge is 0.345 e. The van der Waals surface area contributed by atoms with Gasteiger partial charge in [-0.15, -0.1) is 0 Å². The standard InChI is InChI=1S/C15H26O2.I2/c1-12(2)7-9-16-15(11-14(5)6)17-10-8-13(3)4;1-2/h7-8,11,15H,9-10H2,1-6H3;. The third kappa shape index (κ3) is 18.6. The van der Waals surface area contributed by atoms with Gasteiger partial charge in [0.15, 0.2) is 6.29 Å². The van der Waals surface area contributed by atoms with Crippen LogP contribution in [-0.2, 0) is 9.47 Å². The Morgan fingerprint density at radius 3 is 1.42 bits per heavy atom. The minimum absolute atomic E-state index is 0.258. The van der Waals surface area contributed by atoms with Crippen LogP contribution in [0.3, 0.4) is 0 Å². The van der Waals surface area contributed by atoms with Crippen molar-refractivity contribution in [1.82, 2.24) is 0 Å². The molecule has 112 valence electrons. The molecule has 0 radical (unpaired) electrons. The molecular formula is C15H26I2O2. The van der Waals surface area contributed by atoms with E-state index in [4.69, 9.17) is 9.47 Å². The van der Waals surface area contributed by atoms with Crippen LogP contribution >= 0.6 is 37.2 Å². The second-order valence-corrected chi connectivity index (χ2v) is 4.84. The third-order valence-electron chi connectivity index (χ3n) is 1.97. The number of hydrogen-bond acceptors (Lipinski definition) is 2. The molecule has 0 rings (SSSR count). The lowest BCUT2D eigenvalue weighted by Gasteiger charge is -2.14. The first-order valence-corrected chi connectivity index (χ1v) is 12.5. The van der Waals surface area contributed by atoms with Crippen LogP contribution in [0.15, 0.2) is 34.9 Å². The molecule has 0 aromatic heterocycles. The highest BCUT2D eigenvalue weighted by molar-refractivity contribution is 15.0. The zero-order valence-corrected chi connectivity index (χ0v) is 17.1. The SMILES string of the molecule is CC(C)=CCOC(C=C(C)C)OCC=C(C)C.II. The van der Waals surface area contributed by atoms with E-state index in [1.54, 1.807) is 0 Å². The summed E-state index contributed by atoms with van der Waals surface area (Å²) >= 11 is 4.24. The van der Waals surface area contributed by atoms with Crippen LogP contribution in [0.25, 0.3) is 0 Å². The Morgan fingerprint density at radius 1 is 0.789 bits per heavy atom. The summed E-state index contributed by atoms with van der Waals surface area (Å²) in [5.41, 5.74) is 3.71. The van der Waals surface area contributed by atoms with Crippen molar-refractivity contribution in [2.75, 3.05) is 13.2 Å². The van der Waals surface area contributed by atoms with Gasteiger partial charge in [0.1, 0.15) is 0 Å². The van der Waals surface area contributed by atoms with Gasteiger partial charge in [0.2, 0.25) is 0 Å². The van der Waals surface area contributed by atoms with E-state index in [1.165, 1.54) is 16.7 Å². The van der Waals surface area contributed by atoms with Crippen LogP contribution in [0, 0.1) is 0 Å². The lowest BCUT2D eigenvalue weighted by molar-refractivity contribution is -0.0941. The van der Waals surface area contributed by atoms with Crippen molar-refractivity contribution in [3.63, 3.8) is 0 Å². The van der Waals surface area contributed by atoms with E-state index >= 15 is 0 Å². The highest BCUT2D eigenvalue weighted by Crippen LogP contribution is 2.04. The van der Waals surface area contributed by atoms with Gasteiger partial charge < -0.3 is 9.47 Å². The summed E-state index contributed by atoms with van der Waals surface area (Å²) in [6.45, 7) is 13.5. The molecule has 0 aliphatic carbocycles. The number of halogens is 2. The maximum atomic E-state index is 5.64. The van der Waals surface area contributed by atoms with Crippen LogP contribution in [-0.4, -0.2) is 19.5 Å². The molecule has 0 atom stereocenters. The van der Waals surface area contributed by atoms with E-state index < -0.39 is 0 Å². The zero-order valence-electron chi connectivity index (χ0n) is 12.8. The average molecular weight is 492 g/mol. The fourth-order valence-electron chi connectivity index (χ4n) is 1.04. The molecule has 0 unspecified atom stereocenters. The second-order valence-electron chi connectivity index (χ2n) is 4.84. The minimum Gasteiger partial charge on any atom is -0.345 e. The molecule has 0 bridgehead atoms. The van der Waals surface area contributed by atoms with E-state index in [1.807, 2.05) is 19.9 Å². The first-order valence-electron chi connectivity index (χ1n) is 6.21. The van der Waals surface area contributed by atoms with Crippen LogP contribution in [0.2, 0.25) is 0 Å². The van der Waals surface area contributed by atoms with E-state index in [-0.39, 0.29) is 6.29 Å². The maximum absolute atomic E-state index is 5.64. The number of hydrogen-bond donors (Lipinski definition) is 0. The first-order chi connectivity index (χ1) is 8.91. The molecule has 0 aliphatic heterocycles. The van der Waals surface area contributed by atoms with E-state index in [0.29, 0.717) is 13.2 Å². The van der Waals surface area contributed by atoms with E-state index in [2.05, 4.69) is 77.1 Å². The van der Waals surface area contributed by atoms with Gasteiger partial charge >= 0.3 is 0 Å². The molecule has 2 nitrogen and oxygen atoms in total. The van der Waals surface area contributed by atoms with E-state index in [0.717, 1.165) is 0 Å². The Bertz CT molecular complexity index is 273. The lowest BCUT2D eigenvalue weighted by atomic mass is 10.3. The predicted molar refractivity (Wildman–Crippen MR) is 102 cm³/mol. The number of ether oxygens (including phenoxy) is 2. The molecule has 4 heteroatoms. The topological polar surface area (TPSA) is 18.5 Å². The molecule has 0 N–H and O–H groups in total. The Hall–Kier alpha value is 0.600. The van der Waals surface area contributed by atoms with Gasteiger partial charge in [-0.1, -0.05) is 28.9 Å². The van der Waals surface area contributed by atoms with Crippen molar-refractivity contribution in [2.24, 2.45) is 0 Å². The van der Waals surface area contributed by atoms with Crippen molar-refractivity contribution >= 4 is 37.2 Å². The Labute approximate surface area is 142 Å². The molecule has 0 saturated heterocycles. The summed E-state index contributed by atoms with van der Waals surface area (Å²) < 4.78 is 11.3. The van der Waals surface area contributed by atoms with Gasteiger partial charge in [-0.05, 0) is 47.6 Å². The highest BCUT2D eigenvalue weighted by Gasteiger charge is 2.03. The summed E-state index contributed by atoms with van der Waals surface area (Å²) in [6, 6.07) is 0. The third-order valence-corrected chi connectivity index (χ3v) is 1.97. The fourth-order valence-corrected chi connectivity index (χ4v) is 1.04. The molecule has 0 saturated carbocycles. The first kappa shape index (κ1) is 21.9. The molecular weight excluding hydrogens is 466 g/mol. The lowest BCUT2D eigenvalue weighted by Crippen LogP contribution is -2.15. The molecule has 0 aromatic carbocycles. The molecule has 19 heavy (non-hydrogen) atoms. The summed E-state index contributed by atoms with van der Waals surface area (Å²) in [4.78, 5) is 0. The Morgan fingerprint density at radius 2 is 1.16 bits per heavy atom. The van der Waals surface area contributed by atoms with Crippen LogP contribution < -0.4 is 0 Å². The molecule has 0 fully saturated rings. The molecule has 0 amide bonds. The van der Waals surface area contributed by atoms with Crippen molar-refractivity contribution < 1.29 is 9.47 Å². The Kier molecular flexibility index (Phi) is 17.3. The van der Waals surface area contributed by atoms with Crippen LogP contribution in [0.1, 0.15) is 41.5 Å². The second kappa shape index (κ2) is 15.0. The Balaban J connectivity index is 0. The zero-order chi connectivity index (χ0) is 15.3. The molecule has 0 heterocycles. The number of allylic oxidation sites excluding steroid dienone is 3. The minimum atomic E-state index is -0.258. The van der Waals surface area contributed by atoms with Gasteiger partial charge in [-0.2, -0.15) is 0 Å². The van der Waals surface area contributed by atoms with E-state index in [9.17, 15) is 0 Å². The predicted octanol–water partition coefficient (Wildman–Crippen LogP) is 6.02. The summed E-state index contributed by atoms with van der Waals surface area (Å²) in [5, 5.41) is 0. The molecule has 0 aromatic rings. The molecule has 0 spiro atoms. The average Bonchev–Trinajstić information content (AvgIpc) is 2.29. The summed E-state index contributed by atoms with van der Waals surface area (Å²) in [6.07, 6.45) is 5.84. The van der Waals surface area contributed by atoms with Gasteiger partial charge in [-0.3, -0.25) is 0 Å². The van der Waals surface area contributed by atoms with Crippen molar-refractivity contribution in [3.05, 3.63) is 34.9 Å². The van der Waals surface area contributed by atoms with Gasteiger partial charge in [0.05, 0.1) is 13.2 Å². The van der Waals surface area contributed by atoms with Gasteiger partial charge in [0, 0.05) is 37.2 Å². The normalized spacial score (nSPS) is 9.32. The maximum Gasteiger partial charge on any atom is 0.177 e. The van der Waals surface area contributed by atoms with Gasteiger partial charge in [-0.25, -0.2) is 0 Å². The van der Waals surface area contributed by atoms with Crippen molar-refractivity contribution in [3.8, 4) is 0 Å². The number of rotatable bonds is 7. The quantitative estimate of drug-likeness (QED) is 0.246. The summed E-state index contributed by atoms with van der Waals surface area (Å²) in [5.74, 6) is 0. The molecule has 0 aliphatic rings. The van der Waals surface area contributed by atoms with Crippen molar-refractivity contribution in [2.45, 2.75) is 47.8 Å². The van der Waals surface area contributed by atoms with Crippen LogP contribution in [0.4, 0.5) is 0 Å². The fraction of sp³-hybridized carbons (Fsp3) is 0.600.